The summed E-state index contributed by atoms with van der Waals surface area (Å²) in [6, 6.07) is 5.02. The maximum absolute atomic E-state index is 12.7. The molecule has 1 aromatic rings. The van der Waals surface area contributed by atoms with Crippen LogP contribution >= 0.6 is 0 Å². The van der Waals surface area contributed by atoms with E-state index in [1.807, 2.05) is 0 Å². The number of halogens is 3. The number of hydrogen-bond acceptors (Lipinski definition) is 2. The fourth-order valence-electron chi connectivity index (χ4n) is 2.23. The van der Waals surface area contributed by atoms with E-state index in [2.05, 4.69) is 0 Å². The van der Waals surface area contributed by atoms with Gasteiger partial charge in [0.05, 0.1) is 11.2 Å². The fraction of sp³-hybridized carbons (Fsp3) is 0.562. The van der Waals surface area contributed by atoms with Gasteiger partial charge in [-0.25, -0.2) is 0 Å². The van der Waals surface area contributed by atoms with Crippen LogP contribution in [0.25, 0.3) is 0 Å². The first-order valence-electron chi connectivity index (χ1n) is 7.03. The van der Waals surface area contributed by atoms with Crippen LogP contribution in [0.1, 0.15) is 44.2 Å². The van der Waals surface area contributed by atoms with Crippen molar-refractivity contribution in [3.8, 4) is 0 Å². The highest BCUT2D eigenvalue weighted by Crippen LogP contribution is 2.31. The molecule has 22 heavy (non-hydrogen) atoms. The minimum Gasteiger partial charge on any atom is -0.389 e. The molecule has 124 valence electrons. The highest BCUT2D eigenvalue weighted by atomic mass is 19.4. The van der Waals surface area contributed by atoms with Crippen LogP contribution in [-0.2, 0) is 11.0 Å². The molecule has 0 aliphatic heterocycles. The highest BCUT2D eigenvalue weighted by Gasteiger charge is 2.31. The molecular formula is C16H22F3NO2. The minimum atomic E-state index is -4.39. The third kappa shape index (κ3) is 5.67. The first kappa shape index (κ1) is 18.5. The van der Waals surface area contributed by atoms with Gasteiger partial charge in [-0.15, -0.1) is 0 Å². The number of aliphatic hydroxyl groups is 1. The van der Waals surface area contributed by atoms with E-state index in [9.17, 15) is 23.1 Å². The minimum absolute atomic E-state index is 0.0912. The maximum atomic E-state index is 12.7. The van der Waals surface area contributed by atoms with Gasteiger partial charge in [-0.1, -0.05) is 25.1 Å². The zero-order chi connectivity index (χ0) is 17.1. The number of amides is 1. The highest BCUT2D eigenvalue weighted by molar-refractivity contribution is 5.76. The normalized spacial score (nSPS) is 13.8. The van der Waals surface area contributed by atoms with E-state index in [1.165, 1.54) is 11.0 Å². The lowest BCUT2D eigenvalue weighted by Gasteiger charge is -2.26. The van der Waals surface area contributed by atoms with E-state index in [4.69, 9.17) is 0 Å². The van der Waals surface area contributed by atoms with E-state index >= 15 is 0 Å². The predicted octanol–water partition coefficient (Wildman–Crippen LogP) is 3.43. The van der Waals surface area contributed by atoms with Gasteiger partial charge in [-0.05, 0) is 31.4 Å². The average molecular weight is 317 g/mol. The molecule has 0 aliphatic carbocycles. The van der Waals surface area contributed by atoms with Gasteiger partial charge in [0, 0.05) is 20.0 Å². The Morgan fingerprint density at radius 2 is 1.91 bits per heavy atom. The molecule has 0 saturated carbocycles. The van der Waals surface area contributed by atoms with Crippen LogP contribution < -0.4 is 0 Å². The summed E-state index contributed by atoms with van der Waals surface area (Å²) in [4.78, 5) is 13.5. The molecule has 6 heteroatoms. The number of likely N-dealkylation sites (N-methyl/N-ethyl adjacent to an activating group) is 1. The van der Waals surface area contributed by atoms with Crippen molar-refractivity contribution in [3.05, 3.63) is 35.4 Å². The second kappa shape index (κ2) is 6.69. The number of alkyl halides is 3. The fourth-order valence-corrected chi connectivity index (χ4v) is 2.23. The van der Waals surface area contributed by atoms with Gasteiger partial charge < -0.3 is 10.0 Å². The zero-order valence-electron chi connectivity index (χ0n) is 13.2. The summed E-state index contributed by atoms with van der Waals surface area (Å²) in [6.45, 7) is 5.06. The Morgan fingerprint density at radius 3 is 2.41 bits per heavy atom. The number of rotatable bonds is 5. The van der Waals surface area contributed by atoms with Crippen LogP contribution in [0, 0.1) is 0 Å². The molecule has 1 amide bonds. The molecule has 1 rings (SSSR count). The number of benzene rings is 1. The van der Waals surface area contributed by atoms with Gasteiger partial charge >= 0.3 is 6.18 Å². The summed E-state index contributed by atoms with van der Waals surface area (Å²) < 4.78 is 38.1. The number of carbonyl (C=O) groups excluding carboxylic acids is 1. The van der Waals surface area contributed by atoms with E-state index in [1.54, 1.807) is 33.9 Å². The molecule has 0 bridgehead atoms. The smallest absolute Gasteiger partial charge is 0.389 e. The van der Waals surface area contributed by atoms with E-state index < -0.39 is 17.3 Å². The Morgan fingerprint density at radius 1 is 1.32 bits per heavy atom. The summed E-state index contributed by atoms with van der Waals surface area (Å²) in [7, 11) is 1.57. The van der Waals surface area contributed by atoms with Gasteiger partial charge in [-0.2, -0.15) is 13.2 Å². The van der Waals surface area contributed by atoms with Gasteiger partial charge in [0.15, 0.2) is 0 Å². The van der Waals surface area contributed by atoms with E-state index in [0.717, 1.165) is 12.1 Å². The van der Waals surface area contributed by atoms with Crippen molar-refractivity contribution < 1.29 is 23.1 Å². The summed E-state index contributed by atoms with van der Waals surface area (Å²) in [6.07, 6.45) is -4.30. The van der Waals surface area contributed by atoms with Gasteiger partial charge in [0.1, 0.15) is 0 Å². The zero-order valence-corrected chi connectivity index (χ0v) is 13.2. The van der Waals surface area contributed by atoms with Crippen molar-refractivity contribution in [1.29, 1.82) is 0 Å². The molecule has 0 spiro atoms. The van der Waals surface area contributed by atoms with Crippen LogP contribution in [0.3, 0.4) is 0 Å². The molecule has 0 fully saturated rings. The van der Waals surface area contributed by atoms with Crippen LogP contribution in [0.2, 0.25) is 0 Å². The van der Waals surface area contributed by atoms with Crippen molar-refractivity contribution in [2.24, 2.45) is 0 Å². The molecule has 0 radical (unpaired) electrons. The van der Waals surface area contributed by atoms with Crippen molar-refractivity contribution >= 4 is 5.91 Å². The molecule has 0 aromatic heterocycles. The lowest BCUT2D eigenvalue weighted by Crippen LogP contribution is -2.40. The van der Waals surface area contributed by atoms with Crippen molar-refractivity contribution in [1.82, 2.24) is 4.90 Å². The molecule has 1 atom stereocenters. The summed E-state index contributed by atoms with van der Waals surface area (Å²) in [5.41, 5.74) is -1.25. The van der Waals surface area contributed by atoms with Crippen molar-refractivity contribution in [2.75, 3.05) is 13.6 Å². The molecule has 0 saturated heterocycles. The number of hydrogen-bond donors (Lipinski definition) is 1. The van der Waals surface area contributed by atoms with Gasteiger partial charge in [-0.3, -0.25) is 4.79 Å². The molecule has 3 nitrogen and oxygen atoms in total. The molecule has 0 heterocycles. The lowest BCUT2D eigenvalue weighted by atomic mass is 9.95. The number of carbonyl (C=O) groups is 1. The predicted molar refractivity (Wildman–Crippen MR) is 78.4 cm³/mol. The molecule has 0 aliphatic rings. The largest absolute Gasteiger partial charge is 0.416 e. The first-order chi connectivity index (χ1) is 9.90. The van der Waals surface area contributed by atoms with E-state index in [-0.39, 0.29) is 24.8 Å². The topological polar surface area (TPSA) is 40.5 Å². The van der Waals surface area contributed by atoms with Crippen LogP contribution in [-0.4, -0.2) is 35.1 Å². The van der Waals surface area contributed by atoms with Crippen molar-refractivity contribution in [3.63, 3.8) is 0 Å². The summed E-state index contributed by atoms with van der Waals surface area (Å²) in [5, 5.41) is 9.70. The third-order valence-corrected chi connectivity index (χ3v) is 3.31. The SMILES string of the molecule is CC(CC(=O)N(C)CC(C)(C)O)c1cccc(C(F)(F)F)c1. The van der Waals surface area contributed by atoms with Crippen LogP contribution in [0.15, 0.2) is 24.3 Å². The van der Waals surface area contributed by atoms with Crippen LogP contribution in [0.4, 0.5) is 13.2 Å². The van der Waals surface area contributed by atoms with Gasteiger partial charge in [0.25, 0.3) is 0 Å². The molecule has 1 unspecified atom stereocenters. The third-order valence-electron chi connectivity index (χ3n) is 3.31. The molecule has 1 N–H and O–H groups in total. The Kier molecular flexibility index (Phi) is 5.62. The number of nitrogens with zero attached hydrogens (tertiary/aromatic N) is 1. The standard InChI is InChI=1S/C16H22F3NO2/c1-11(8-14(21)20(4)10-15(2,3)22)12-6-5-7-13(9-12)16(17,18)19/h5-7,9,11,22H,8,10H2,1-4H3. The Bertz CT molecular complexity index is 521. The monoisotopic (exact) mass is 317 g/mol. The lowest BCUT2D eigenvalue weighted by molar-refractivity contribution is -0.137. The van der Waals surface area contributed by atoms with E-state index in [0.29, 0.717) is 5.56 Å². The second-order valence-electron chi connectivity index (χ2n) is 6.29. The Balaban J connectivity index is 2.77. The quantitative estimate of drug-likeness (QED) is 0.904. The Labute approximate surface area is 128 Å². The Hall–Kier alpha value is -1.56. The maximum Gasteiger partial charge on any atom is 0.416 e. The first-order valence-corrected chi connectivity index (χ1v) is 7.03. The summed E-state index contributed by atoms with van der Waals surface area (Å²) in [5.74, 6) is -0.550. The van der Waals surface area contributed by atoms with Gasteiger partial charge in [0.2, 0.25) is 5.91 Å². The van der Waals surface area contributed by atoms with Crippen LogP contribution in [0.5, 0.6) is 0 Å². The van der Waals surface area contributed by atoms with Crippen molar-refractivity contribution in [2.45, 2.75) is 44.9 Å². The molecule has 1 aromatic carbocycles. The molecular weight excluding hydrogens is 295 g/mol. The average Bonchev–Trinajstić information content (AvgIpc) is 2.35. The summed E-state index contributed by atoms with van der Waals surface area (Å²) >= 11 is 0. The second-order valence-corrected chi connectivity index (χ2v) is 6.29.